The normalized spacial score (nSPS) is 28.6. The lowest BCUT2D eigenvalue weighted by atomic mass is 9.99. The van der Waals surface area contributed by atoms with E-state index in [1.165, 1.54) is 19.8 Å². The van der Waals surface area contributed by atoms with E-state index in [0.29, 0.717) is 18.4 Å². The van der Waals surface area contributed by atoms with Gasteiger partial charge in [-0.2, -0.15) is 5.26 Å². The Bertz CT molecular complexity index is 345. The number of nitrogens with one attached hydrogen (secondary N) is 1. The molecule has 0 aromatic rings. The number of hydrogen-bond donors (Lipinski definition) is 1. The van der Waals surface area contributed by atoms with E-state index in [1.54, 1.807) is 6.07 Å². The van der Waals surface area contributed by atoms with Crippen molar-refractivity contribution in [2.24, 2.45) is 11.8 Å². The van der Waals surface area contributed by atoms with E-state index in [2.05, 4.69) is 11.6 Å². The molecule has 3 unspecified atom stereocenters. The van der Waals surface area contributed by atoms with Gasteiger partial charge in [-0.3, -0.25) is 0 Å². The first-order valence-electron chi connectivity index (χ1n) is 5.35. The van der Waals surface area contributed by atoms with E-state index >= 15 is 0 Å². The topological polar surface area (TPSA) is 70.0 Å². The second-order valence-electron chi connectivity index (χ2n) is 4.33. The smallest absolute Gasteiger partial charge is 0.214 e. The molecule has 0 spiro atoms. The maximum atomic E-state index is 11.5. The fourth-order valence-corrected chi connectivity index (χ4v) is 2.78. The van der Waals surface area contributed by atoms with Gasteiger partial charge in [-0.1, -0.05) is 19.8 Å². The molecule has 0 aliphatic heterocycles. The third kappa shape index (κ3) is 3.18. The first-order valence-corrected chi connectivity index (χ1v) is 6.90. The van der Waals surface area contributed by atoms with Crippen LogP contribution in [0.4, 0.5) is 0 Å². The van der Waals surface area contributed by atoms with Crippen LogP contribution in [0, 0.1) is 23.2 Å². The molecule has 0 radical (unpaired) electrons. The van der Waals surface area contributed by atoms with Crippen LogP contribution in [0.25, 0.3) is 0 Å². The molecule has 1 aliphatic carbocycles. The summed E-state index contributed by atoms with van der Waals surface area (Å²) in [7, 11) is -3.43. The van der Waals surface area contributed by atoms with E-state index in [0.717, 1.165) is 6.42 Å². The van der Waals surface area contributed by atoms with Gasteiger partial charge in [0.15, 0.2) is 5.25 Å². The molecule has 0 heterocycles. The minimum atomic E-state index is -3.43. The summed E-state index contributed by atoms with van der Waals surface area (Å²) in [6.45, 7) is 4.04. The highest BCUT2D eigenvalue weighted by molar-refractivity contribution is 7.90. The average molecular weight is 230 g/mol. The van der Waals surface area contributed by atoms with Gasteiger partial charge in [-0.05, 0) is 25.2 Å². The van der Waals surface area contributed by atoms with Gasteiger partial charge in [0.2, 0.25) is 10.0 Å². The summed E-state index contributed by atoms with van der Waals surface area (Å²) in [6, 6.07) is 1.74. The van der Waals surface area contributed by atoms with Gasteiger partial charge in [0, 0.05) is 6.54 Å². The molecule has 0 aromatic heterocycles. The third-order valence-corrected chi connectivity index (χ3v) is 4.84. The summed E-state index contributed by atoms with van der Waals surface area (Å²) in [4.78, 5) is 0. The number of nitriles is 1. The minimum Gasteiger partial charge on any atom is -0.214 e. The molecule has 4 nitrogen and oxygen atoms in total. The van der Waals surface area contributed by atoms with Crippen LogP contribution in [0.3, 0.4) is 0 Å². The van der Waals surface area contributed by atoms with Crippen LogP contribution in [0.1, 0.15) is 33.1 Å². The first-order chi connectivity index (χ1) is 6.97. The van der Waals surface area contributed by atoms with Crippen LogP contribution >= 0.6 is 0 Å². The van der Waals surface area contributed by atoms with Crippen molar-refractivity contribution in [3.05, 3.63) is 0 Å². The zero-order chi connectivity index (χ0) is 11.5. The second-order valence-corrected chi connectivity index (χ2v) is 6.42. The molecule has 0 amide bonds. The molecule has 3 atom stereocenters. The van der Waals surface area contributed by atoms with Crippen LogP contribution in [0.2, 0.25) is 0 Å². The quantitative estimate of drug-likeness (QED) is 0.790. The number of rotatable bonds is 4. The molecular weight excluding hydrogens is 212 g/mol. The van der Waals surface area contributed by atoms with E-state index in [-0.39, 0.29) is 0 Å². The van der Waals surface area contributed by atoms with Crippen molar-refractivity contribution < 1.29 is 8.42 Å². The number of nitrogens with zero attached hydrogens (tertiary/aromatic N) is 1. The Morgan fingerprint density at radius 2 is 2.20 bits per heavy atom. The highest BCUT2D eigenvalue weighted by atomic mass is 32.2. The first kappa shape index (κ1) is 12.5. The maximum absolute atomic E-state index is 11.5. The minimum absolute atomic E-state index is 0.436. The highest BCUT2D eigenvalue weighted by Crippen LogP contribution is 2.30. The van der Waals surface area contributed by atoms with E-state index in [1.807, 2.05) is 0 Å². The molecule has 1 aliphatic rings. The van der Waals surface area contributed by atoms with Crippen molar-refractivity contribution in [2.45, 2.75) is 38.4 Å². The number of hydrogen-bond acceptors (Lipinski definition) is 3. The molecule has 1 saturated carbocycles. The Balaban J connectivity index is 2.47. The molecule has 86 valence electrons. The van der Waals surface area contributed by atoms with Gasteiger partial charge in [0.25, 0.3) is 0 Å². The van der Waals surface area contributed by atoms with Crippen molar-refractivity contribution in [1.82, 2.24) is 4.72 Å². The summed E-state index contributed by atoms with van der Waals surface area (Å²) in [5.41, 5.74) is 0. The van der Waals surface area contributed by atoms with Gasteiger partial charge < -0.3 is 0 Å². The molecular formula is C10H18N2O2S. The van der Waals surface area contributed by atoms with Crippen LogP contribution in [-0.2, 0) is 10.0 Å². The summed E-state index contributed by atoms with van der Waals surface area (Å²) in [6.07, 6.45) is 3.45. The molecule has 1 rings (SSSR count). The Labute approximate surface area is 91.7 Å². The van der Waals surface area contributed by atoms with Crippen LogP contribution in [0.15, 0.2) is 0 Å². The Hall–Kier alpha value is -0.600. The molecule has 0 bridgehead atoms. The maximum Gasteiger partial charge on any atom is 0.227 e. The lowest BCUT2D eigenvalue weighted by Crippen LogP contribution is -2.35. The Morgan fingerprint density at radius 1 is 1.53 bits per heavy atom. The monoisotopic (exact) mass is 230 g/mol. The van der Waals surface area contributed by atoms with Gasteiger partial charge >= 0.3 is 0 Å². The van der Waals surface area contributed by atoms with Crippen molar-refractivity contribution in [3.8, 4) is 6.07 Å². The lowest BCUT2D eigenvalue weighted by Gasteiger charge is -2.16. The Kier molecular flexibility index (Phi) is 4.12. The standard InChI is InChI=1S/C10H18N2O2S/c1-8-4-3-5-10(8)7-12-15(13,14)9(2)6-11/h8-10,12H,3-5,7H2,1-2H3. The fraction of sp³-hybridized carbons (Fsp3) is 0.900. The van der Waals surface area contributed by atoms with E-state index in [4.69, 9.17) is 5.26 Å². The van der Waals surface area contributed by atoms with E-state index in [9.17, 15) is 8.42 Å². The number of sulfonamides is 1. The van der Waals surface area contributed by atoms with Gasteiger partial charge in [0.05, 0.1) is 6.07 Å². The highest BCUT2D eigenvalue weighted by Gasteiger charge is 2.26. The van der Waals surface area contributed by atoms with Gasteiger partial charge in [-0.15, -0.1) is 0 Å². The zero-order valence-corrected chi connectivity index (χ0v) is 10.0. The molecule has 1 N–H and O–H groups in total. The van der Waals surface area contributed by atoms with Crippen molar-refractivity contribution in [1.29, 1.82) is 5.26 Å². The zero-order valence-electron chi connectivity index (χ0n) is 9.23. The summed E-state index contributed by atoms with van der Waals surface area (Å²) in [5, 5.41) is 7.58. The van der Waals surface area contributed by atoms with Crippen LogP contribution < -0.4 is 4.72 Å². The van der Waals surface area contributed by atoms with Gasteiger partial charge in [-0.25, -0.2) is 13.1 Å². The van der Waals surface area contributed by atoms with Crippen molar-refractivity contribution in [2.75, 3.05) is 6.54 Å². The molecule has 5 heteroatoms. The summed E-state index contributed by atoms with van der Waals surface area (Å²) >= 11 is 0. The largest absolute Gasteiger partial charge is 0.227 e. The molecule has 0 aromatic carbocycles. The fourth-order valence-electron chi connectivity index (χ4n) is 1.94. The molecule has 1 fully saturated rings. The average Bonchev–Trinajstić information content (AvgIpc) is 2.60. The molecule has 15 heavy (non-hydrogen) atoms. The summed E-state index contributed by atoms with van der Waals surface area (Å²) in [5.74, 6) is 1.02. The molecule has 0 saturated heterocycles. The third-order valence-electron chi connectivity index (χ3n) is 3.23. The van der Waals surface area contributed by atoms with Crippen LogP contribution in [0.5, 0.6) is 0 Å². The summed E-state index contributed by atoms with van der Waals surface area (Å²) < 4.78 is 25.5. The predicted octanol–water partition coefficient (Wildman–Crippen LogP) is 1.25. The lowest BCUT2D eigenvalue weighted by molar-refractivity contribution is 0.414. The van der Waals surface area contributed by atoms with Crippen molar-refractivity contribution >= 4 is 10.0 Å². The predicted molar refractivity (Wildman–Crippen MR) is 58.5 cm³/mol. The Morgan fingerprint density at radius 3 is 2.67 bits per heavy atom. The van der Waals surface area contributed by atoms with Crippen molar-refractivity contribution in [3.63, 3.8) is 0 Å². The van der Waals surface area contributed by atoms with Gasteiger partial charge in [0.1, 0.15) is 0 Å². The SMILES string of the molecule is CC1CCCC1CNS(=O)(=O)C(C)C#N. The second kappa shape index (κ2) is 4.95. The van der Waals surface area contributed by atoms with Crippen LogP contribution in [-0.4, -0.2) is 20.2 Å². The van der Waals surface area contributed by atoms with E-state index < -0.39 is 15.3 Å².